The Hall–Kier alpha value is -1.61. The molecule has 104 valence electrons. The molecular formula is C16H22O3. The largest absolute Gasteiger partial charge is 0.462 e. The van der Waals surface area contributed by atoms with Crippen molar-refractivity contribution >= 4 is 12.0 Å². The van der Waals surface area contributed by atoms with Crippen LogP contribution in [0.25, 0.3) is 6.08 Å². The van der Waals surface area contributed by atoms with Crippen LogP contribution in [0, 0.1) is 0 Å². The summed E-state index contributed by atoms with van der Waals surface area (Å²) in [4.78, 5) is 11.9. The zero-order valence-corrected chi connectivity index (χ0v) is 11.7. The molecule has 0 saturated carbocycles. The van der Waals surface area contributed by atoms with Crippen molar-refractivity contribution in [2.45, 2.75) is 26.7 Å². The Balaban J connectivity index is 2.73. The minimum absolute atomic E-state index is 0.290. The lowest BCUT2D eigenvalue weighted by atomic mass is 10.1. The Morgan fingerprint density at radius 2 is 1.79 bits per heavy atom. The first kappa shape index (κ1) is 15.4. The third kappa shape index (κ3) is 6.20. The lowest BCUT2D eigenvalue weighted by Crippen LogP contribution is -2.13. The predicted molar refractivity (Wildman–Crippen MR) is 76.8 cm³/mol. The normalized spacial score (nSPS) is 11.4. The molecule has 0 bridgehead atoms. The van der Waals surface area contributed by atoms with Gasteiger partial charge in [0.15, 0.2) is 0 Å². The molecule has 19 heavy (non-hydrogen) atoms. The van der Waals surface area contributed by atoms with Crippen LogP contribution in [-0.4, -0.2) is 25.8 Å². The minimum atomic E-state index is -0.290. The highest BCUT2D eigenvalue weighted by molar-refractivity contribution is 5.94. The highest BCUT2D eigenvalue weighted by atomic mass is 16.5. The van der Waals surface area contributed by atoms with E-state index in [0.717, 1.165) is 18.4 Å². The molecule has 0 fully saturated rings. The summed E-state index contributed by atoms with van der Waals surface area (Å²) in [6.07, 6.45) is 3.58. The van der Waals surface area contributed by atoms with Gasteiger partial charge in [0.1, 0.15) is 0 Å². The van der Waals surface area contributed by atoms with E-state index < -0.39 is 0 Å². The lowest BCUT2D eigenvalue weighted by molar-refractivity contribution is -0.139. The van der Waals surface area contributed by atoms with Crippen molar-refractivity contribution in [1.82, 2.24) is 0 Å². The molecule has 3 nitrogen and oxygen atoms in total. The molecule has 0 atom stereocenters. The van der Waals surface area contributed by atoms with Crippen molar-refractivity contribution in [3.05, 3.63) is 41.5 Å². The second kappa shape index (κ2) is 9.34. The summed E-state index contributed by atoms with van der Waals surface area (Å²) in [5, 5.41) is 0. The lowest BCUT2D eigenvalue weighted by Gasteiger charge is -2.08. The Labute approximate surface area is 115 Å². The molecule has 0 aliphatic heterocycles. The Morgan fingerprint density at radius 3 is 2.42 bits per heavy atom. The van der Waals surface area contributed by atoms with Crippen molar-refractivity contribution in [2.75, 3.05) is 19.8 Å². The number of rotatable bonds is 8. The molecule has 0 radical (unpaired) electrons. The highest BCUT2D eigenvalue weighted by Gasteiger charge is 2.11. The molecule has 0 aliphatic rings. The summed E-state index contributed by atoms with van der Waals surface area (Å²) < 4.78 is 10.6. The van der Waals surface area contributed by atoms with Crippen LogP contribution in [0.4, 0.5) is 0 Å². The molecule has 3 heteroatoms. The van der Waals surface area contributed by atoms with Gasteiger partial charge < -0.3 is 9.47 Å². The van der Waals surface area contributed by atoms with E-state index in [9.17, 15) is 4.79 Å². The van der Waals surface area contributed by atoms with Crippen LogP contribution < -0.4 is 0 Å². The molecule has 1 aromatic rings. The predicted octanol–water partition coefficient (Wildman–Crippen LogP) is 3.45. The summed E-state index contributed by atoms with van der Waals surface area (Å²) in [5.41, 5.74) is 1.54. The van der Waals surface area contributed by atoms with Crippen LogP contribution in [0.1, 0.15) is 32.3 Å². The Bertz CT molecular complexity index is 396. The van der Waals surface area contributed by atoms with Gasteiger partial charge in [-0.1, -0.05) is 44.2 Å². The average Bonchev–Trinajstić information content (AvgIpc) is 2.45. The second-order valence-corrected chi connectivity index (χ2v) is 4.27. The Morgan fingerprint density at radius 1 is 1.11 bits per heavy atom. The van der Waals surface area contributed by atoms with Gasteiger partial charge in [0.05, 0.1) is 18.8 Å². The standard InChI is InChI=1S/C16H22O3/c1-3-10-18-13-15(16(17)19-11-4-2)12-14-8-6-5-7-9-14/h5-9,12H,3-4,10-11,13H2,1-2H3. The summed E-state index contributed by atoms with van der Waals surface area (Å²) in [5.74, 6) is -0.290. The first-order valence-corrected chi connectivity index (χ1v) is 6.78. The van der Waals surface area contributed by atoms with Gasteiger partial charge in [-0.05, 0) is 24.5 Å². The molecule has 0 unspecified atom stereocenters. The van der Waals surface area contributed by atoms with Gasteiger partial charge in [0.2, 0.25) is 0 Å². The van der Waals surface area contributed by atoms with Gasteiger partial charge in [-0.2, -0.15) is 0 Å². The minimum Gasteiger partial charge on any atom is -0.462 e. The van der Waals surface area contributed by atoms with Crippen LogP contribution in [-0.2, 0) is 14.3 Å². The molecule has 0 aliphatic carbocycles. The van der Waals surface area contributed by atoms with E-state index in [2.05, 4.69) is 0 Å². The fourth-order valence-corrected chi connectivity index (χ4v) is 1.52. The van der Waals surface area contributed by atoms with Crippen LogP contribution >= 0.6 is 0 Å². The quantitative estimate of drug-likeness (QED) is 0.409. The van der Waals surface area contributed by atoms with E-state index in [1.807, 2.05) is 50.3 Å². The van der Waals surface area contributed by atoms with Crippen molar-refractivity contribution in [2.24, 2.45) is 0 Å². The van der Waals surface area contributed by atoms with E-state index >= 15 is 0 Å². The van der Waals surface area contributed by atoms with E-state index in [4.69, 9.17) is 9.47 Å². The molecular weight excluding hydrogens is 240 g/mol. The van der Waals surface area contributed by atoms with Gasteiger partial charge in [0.25, 0.3) is 0 Å². The first-order valence-electron chi connectivity index (χ1n) is 6.78. The average molecular weight is 262 g/mol. The molecule has 0 amide bonds. The molecule has 0 heterocycles. The van der Waals surface area contributed by atoms with Gasteiger partial charge in [-0.25, -0.2) is 4.79 Å². The summed E-state index contributed by atoms with van der Waals surface area (Å²) >= 11 is 0. The number of carbonyl (C=O) groups excluding carboxylic acids is 1. The van der Waals surface area contributed by atoms with E-state index in [0.29, 0.717) is 25.4 Å². The van der Waals surface area contributed by atoms with Gasteiger partial charge in [-0.3, -0.25) is 0 Å². The smallest absolute Gasteiger partial charge is 0.336 e. The molecule has 0 aromatic heterocycles. The number of hydrogen-bond acceptors (Lipinski definition) is 3. The van der Waals surface area contributed by atoms with Crippen molar-refractivity contribution in [3.63, 3.8) is 0 Å². The molecule has 0 N–H and O–H groups in total. The van der Waals surface area contributed by atoms with Crippen molar-refractivity contribution in [3.8, 4) is 0 Å². The zero-order chi connectivity index (χ0) is 13.9. The van der Waals surface area contributed by atoms with Crippen molar-refractivity contribution < 1.29 is 14.3 Å². The van der Waals surface area contributed by atoms with Crippen LogP contribution in [0.15, 0.2) is 35.9 Å². The van der Waals surface area contributed by atoms with E-state index in [1.165, 1.54) is 0 Å². The number of ether oxygens (including phenoxy) is 2. The monoisotopic (exact) mass is 262 g/mol. The van der Waals surface area contributed by atoms with Crippen LogP contribution in [0.3, 0.4) is 0 Å². The van der Waals surface area contributed by atoms with Gasteiger partial charge >= 0.3 is 5.97 Å². The van der Waals surface area contributed by atoms with Gasteiger partial charge in [0, 0.05) is 6.61 Å². The number of esters is 1. The van der Waals surface area contributed by atoms with Crippen molar-refractivity contribution in [1.29, 1.82) is 0 Å². The zero-order valence-electron chi connectivity index (χ0n) is 11.7. The molecule has 1 aromatic carbocycles. The maximum Gasteiger partial charge on any atom is 0.336 e. The maximum atomic E-state index is 11.9. The van der Waals surface area contributed by atoms with E-state index in [-0.39, 0.29) is 5.97 Å². The number of benzene rings is 1. The molecule has 0 saturated heterocycles. The summed E-state index contributed by atoms with van der Waals surface area (Å²) in [6, 6.07) is 9.72. The fraction of sp³-hybridized carbons (Fsp3) is 0.438. The summed E-state index contributed by atoms with van der Waals surface area (Å²) in [7, 11) is 0. The van der Waals surface area contributed by atoms with E-state index in [1.54, 1.807) is 0 Å². The summed E-state index contributed by atoms with van der Waals surface area (Å²) in [6.45, 7) is 5.40. The SMILES string of the molecule is CCCOCC(=Cc1ccccc1)C(=O)OCCC. The Kier molecular flexibility index (Phi) is 7.59. The number of hydrogen-bond donors (Lipinski definition) is 0. The molecule has 1 rings (SSSR count). The fourth-order valence-electron chi connectivity index (χ4n) is 1.52. The van der Waals surface area contributed by atoms with Crippen LogP contribution in [0.5, 0.6) is 0 Å². The van der Waals surface area contributed by atoms with Crippen LogP contribution in [0.2, 0.25) is 0 Å². The number of carbonyl (C=O) groups is 1. The third-order valence-corrected chi connectivity index (χ3v) is 2.45. The second-order valence-electron chi connectivity index (χ2n) is 4.27. The first-order chi connectivity index (χ1) is 9.27. The topological polar surface area (TPSA) is 35.5 Å². The maximum absolute atomic E-state index is 11.9. The van der Waals surface area contributed by atoms with Gasteiger partial charge in [-0.15, -0.1) is 0 Å². The third-order valence-electron chi connectivity index (χ3n) is 2.45. The highest BCUT2D eigenvalue weighted by Crippen LogP contribution is 2.09. The molecule has 0 spiro atoms.